The van der Waals surface area contributed by atoms with Gasteiger partial charge < -0.3 is 14.9 Å². The Labute approximate surface area is 123 Å². The molecular formula is C15H19FN2O3. The maximum absolute atomic E-state index is 13.5. The van der Waals surface area contributed by atoms with Crippen molar-refractivity contribution < 1.29 is 19.1 Å². The molecule has 1 aliphatic heterocycles. The van der Waals surface area contributed by atoms with E-state index >= 15 is 0 Å². The monoisotopic (exact) mass is 294 g/mol. The third kappa shape index (κ3) is 4.01. The first-order valence-electron chi connectivity index (χ1n) is 7.01. The van der Waals surface area contributed by atoms with Gasteiger partial charge in [-0.05, 0) is 18.1 Å². The molecule has 1 saturated heterocycles. The minimum atomic E-state index is -0.499. The Morgan fingerprint density at radius 2 is 1.62 bits per heavy atom. The summed E-state index contributed by atoms with van der Waals surface area (Å²) in [6.07, 6.45) is 0.635. The van der Waals surface area contributed by atoms with Crippen LogP contribution in [0.15, 0.2) is 24.3 Å². The van der Waals surface area contributed by atoms with Gasteiger partial charge in [-0.3, -0.25) is 9.59 Å². The van der Waals surface area contributed by atoms with Crippen LogP contribution in [0.5, 0.6) is 0 Å². The fourth-order valence-corrected chi connectivity index (χ4v) is 2.41. The van der Waals surface area contributed by atoms with E-state index in [1.54, 1.807) is 28.0 Å². The molecule has 1 fully saturated rings. The number of carbonyl (C=O) groups excluding carboxylic acids is 2. The molecule has 0 aromatic heterocycles. The van der Waals surface area contributed by atoms with Crippen LogP contribution in [0.3, 0.4) is 0 Å². The van der Waals surface area contributed by atoms with Gasteiger partial charge in [-0.1, -0.05) is 18.2 Å². The van der Waals surface area contributed by atoms with E-state index < -0.39 is 6.61 Å². The highest BCUT2D eigenvalue weighted by Gasteiger charge is 2.23. The molecule has 0 aliphatic carbocycles. The largest absolute Gasteiger partial charge is 0.387 e. The molecule has 1 N–H and O–H groups in total. The molecule has 0 unspecified atom stereocenters. The molecule has 6 heteroatoms. The van der Waals surface area contributed by atoms with Crippen LogP contribution in [0.25, 0.3) is 0 Å². The molecule has 114 valence electrons. The predicted octanol–water partition coefficient (Wildman–Crippen LogP) is 0.421. The molecule has 0 saturated carbocycles. The molecule has 0 spiro atoms. The molecule has 1 aromatic rings. The molecule has 21 heavy (non-hydrogen) atoms. The van der Waals surface area contributed by atoms with Gasteiger partial charge in [-0.25, -0.2) is 4.39 Å². The second-order valence-electron chi connectivity index (χ2n) is 5.01. The zero-order chi connectivity index (χ0) is 15.2. The van der Waals surface area contributed by atoms with E-state index in [0.29, 0.717) is 38.2 Å². The highest BCUT2D eigenvalue weighted by Crippen LogP contribution is 2.11. The topological polar surface area (TPSA) is 60.9 Å². The third-order valence-corrected chi connectivity index (χ3v) is 3.69. The predicted molar refractivity (Wildman–Crippen MR) is 75.0 cm³/mol. The lowest BCUT2D eigenvalue weighted by atomic mass is 10.1. The molecule has 2 amide bonds. The average Bonchev–Trinajstić information content (AvgIpc) is 2.53. The van der Waals surface area contributed by atoms with Gasteiger partial charge in [0, 0.05) is 32.6 Å². The Morgan fingerprint density at radius 3 is 2.19 bits per heavy atom. The number of carbonyl (C=O) groups is 2. The number of rotatable bonds is 4. The first-order chi connectivity index (χ1) is 10.1. The second kappa shape index (κ2) is 7.17. The van der Waals surface area contributed by atoms with Crippen molar-refractivity contribution in [1.29, 1.82) is 0 Å². The number of amides is 2. The van der Waals surface area contributed by atoms with E-state index in [0.717, 1.165) is 0 Å². The Bertz CT molecular complexity index is 513. The van der Waals surface area contributed by atoms with Crippen molar-refractivity contribution in [2.45, 2.75) is 12.8 Å². The number of aryl methyl sites for hydroxylation is 1. The highest BCUT2D eigenvalue weighted by atomic mass is 19.1. The van der Waals surface area contributed by atoms with Crippen LogP contribution in [-0.4, -0.2) is 59.5 Å². The van der Waals surface area contributed by atoms with Crippen molar-refractivity contribution >= 4 is 11.8 Å². The number of hydrogen-bond donors (Lipinski definition) is 1. The van der Waals surface area contributed by atoms with Crippen molar-refractivity contribution in [3.8, 4) is 0 Å². The van der Waals surface area contributed by atoms with Crippen molar-refractivity contribution in [2.24, 2.45) is 0 Å². The maximum atomic E-state index is 13.5. The van der Waals surface area contributed by atoms with Gasteiger partial charge in [0.25, 0.3) is 0 Å². The van der Waals surface area contributed by atoms with Crippen LogP contribution in [0.4, 0.5) is 4.39 Å². The van der Waals surface area contributed by atoms with Gasteiger partial charge in [0.05, 0.1) is 0 Å². The van der Waals surface area contributed by atoms with Crippen LogP contribution in [-0.2, 0) is 16.0 Å². The SMILES string of the molecule is O=C(CO)N1CCN(C(=O)CCc2ccccc2F)CC1. The van der Waals surface area contributed by atoms with Gasteiger partial charge in [-0.2, -0.15) is 0 Å². The summed E-state index contributed by atoms with van der Waals surface area (Å²) >= 11 is 0. The van der Waals surface area contributed by atoms with Crippen molar-refractivity contribution in [2.75, 3.05) is 32.8 Å². The number of aliphatic hydroxyl groups is 1. The Hall–Kier alpha value is -1.95. The van der Waals surface area contributed by atoms with E-state index in [-0.39, 0.29) is 24.1 Å². The van der Waals surface area contributed by atoms with Crippen LogP contribution in [0, 0.1) is 5.82 Å². The lowest BCUT2D eigenvalue weighted by molar-refractivity contribution is -0.141. The standard InChI is InChI=1S/C15H19FN2O3/c16-13-4-2-1-3-12(13)5-6-14(20)17-7-9-18(10-8-17)15(21)11-19/h1-4,19H,5-11H2. The van der Waals surface area contributed by atoms with Crippen molar-refractivity contribution in [3.05, 3.63) is 35.6 Å². The molecule has 0 bridgehead atoms. The quantitative estimate of drug-likeness (QED) is 0.875. The molecule has 1 heterocycles. The summed E-state index contributed by atoms with van der Waals surface area (Å²) in [6.45, 7) is 1.29. The average molecular weight is 294 g/mol. The summed E-state index contributed by atoms with van der Waals surface area (Å²) < 4.78 is 13.5. The number of piperazine rings is 1. The molecule has 1 aromatic carbocycles. The molecule has 1 aliphatic rings. The van der Waals surface area contributed by atoms with Crippen LogP contribution >= 0.6 is 0 Å². The molecule has 0 atom stereocenters. The number of nitrogens with zero attached hydrogens (tertiary/aromatic N) is 2. The first kappa shape index (κ1) is 15.4. The highest BCUT2D eigenvalue weighted by molar-refractivity contribution is 5.79. The summed E-state index contributed by atoms with van der Waals surface area (Å²) in [5.74, 6) is -0.633. The number of aliphatic hydroxyl groups excluding tert-OH is 1. The van der Waals surface area contributed by atoms with E-state index in [2.05, 4.69) is 0 Å². The number of hydrogen-bond acceptors (Lipinski definition) is 3. The fraction of sp³-hybridized carbons (Fsp3) is 0.467. The lowest BCUT2D eigenvalue weighted by Crippen LogP contribution is -2.51. The summed E-state index contributed by atoms with van der Waals surface area (Å²) in [4.78, 5) is 26.6. The Morgan fingerprint density at radius 1 is 1.05 bits per heavy atom. The van der Waals surface area contributed by atoms with Gasteiger partial charge in [-0.15, -0.1) is 0 Å². The zero-order valence-electron chi connectivity index (χ0n) is 11.8. The Kier molecular flexibility index (Phi) is 5.27. The lowest BCUT2D eigenvalue weighted by Gasteiger charge is -2.34. The molecule has 2 rings (SSSR count). The van der Waals surface area contributed by atoms with Gasteiger partial charge in [0.2, 0.25) is 11.8 Å². The summed E-state index contributed by atoms with van der Waals surface area (Å²) in [5.41, 5.74) is 0.542. The molecule has 5 nitrogen and oxygen atoms in total. The Balaban J connectivity index is 1.80. The van der Waals surface area contributed by atoms with E-state index in [1.807, 2.05) is 0 Å². The van der Waals surface area contributed by atoms with Crippen molar-refractivity contribution in [1.82, 2.24) is 9.80 Å². The van der Waals surface area contributed by atoms with Crippen LogP contribution < -0.4 is 0 Å². The van der Waals surface area contributed by atoms with Gasteiger partial charge in [0.15, 0.2) is 0 Å². The van der Waals surface area contributed by atoms with E-state index in [4.69, 9.17) is 5.11 Å². The minimum absolute atomic E-state index is 0.0330. The maximum Gasteiger partial charge on any atom is 0.248 e. The van der Waals surface area contributed by atoms with Crippen LogP contribution in [0.2, 0.25) is 0 Å². The number of benzene rings is 1. The molecular weight excluding hydrogens is 275 g/mol. The van der Waals surface area contributed by atoms with E-state index in [9.17, 15) is 14.0 Å². The van der Waals surface area contributed by atoms with Gasteiger partial charge in [0.1, 0.15) is 12.4 Å². The van der Waals surface area contributed by atoms with E-state index in [1.165, 1.54) is 6.07 Å². The third-order valence-electron chi connectivity index (χ3n) is 3.69. The summed E-state index contributed by atoms with van der Waals surface area (Å²) in [6, 6.07) is 6.44. The molecule has 0 radical (unpaired) electrons. The smallest absolute Gasteiger partial charge is 0.248 e. The van der Waals surface area contributed by atoms with Crippen LogP contribution in [0.1, 0.15) is 12.0 Å². The zero-order valence-corrected chi connectivity index (χ0v) is 11.8. The summed E-state index contributed by atoms with van der Waals surface area (Å²) in [7, 11) is 0. The second-order valence-corrected chi connectivity index (χ2v) is 5.01. The van der Waals surface area contributed by atoms with Crippen molar-refractivity contribution in [3.63, 3.8) is 0 Å². The van der Waals surface area contributed by atoms with Gasteiger partial charge >= 0.3 is 0 Å². The summed E-state index contributed by atoms with van der Waals surface area (Å²) in [5, 5.41) is 8.79. The first-order valence-corrected chi connectivity index (χ1v) is 7.01. The minimum Gasteiger partial charge on any atom is -0.387 e. The number of halogens is 1. The normalized spacial score (nSPS) is 15.1. The fourth-order valence-electron chi connectivity index (χ4n) is 2.41.